The van der Waals surface area contributed by atoms with Crippen molar-refractivity contribution in [3.05, 3.63) is 47.9 Å². The average molecular weight is 446 g/mol. The molecule has 168 valence electrons. The zero-order valence-corrected chi connectivity index (χ0v) is 17.2. The van der Waals surface area contributed by atoms with E-state index in [2.05, 4.69) is 15.4 Å². The average Bonchev–Trinajstić information content (AvgIpc) is 3.22. The second-order valence-electron chi connectivity index (χ2n) is 7.79. The lowest BCUT2D eigenvalue weighted by atomic mass is 9.87. The minimum absolute atomic E-state index is 0.0945. The molecule has 1 aromatic carbocycles. The summed E-state index contributed by atoms with van der Waals surface area (Å²) < 4.78 is 45.9. The number of rotatable bonds is 5. The SMILES string of the molecule is COc1cc(NC(=O)c2cccc(C(F)(F)F)n2)cc2cn(C3CCC(C=O)CC3)nc12. The lowest BCUT2D eigenvalue weighted by Crippen LogP contribution is -2.19. The molecular formula is C22H21F3N4O3. The molecule has 10 heteroatoms. The quantitative estimate of drug-likeness (QED) is 0.577. The Morgan fingerprint density at radius 1 is 1.22 bits per heavy atom. The number of hydrogen-bond acceptors (Lipinski definition) is 5. The number of carbonyl (C=O) groups is 2. The third-order valence-corrected chi connectivity index (χ3v) is 5.65. The van der Waals surface area contributed by atoms with Gasteiger partial charge >= 0.3 is 6.18 Å². The maximum Gasteiger partial charge on any atom is 0.433 e. The molecule has 0 bridgehead atoms. The molecule has 32 heavy (non-hydrogen) atoms. The van der Waals surface area contributed by atoms with E-state index in [0.717, 1.165) is 44.1 Å². The number of pyridine rings is 1. The number of fused-ring (bicyclic) bond motifs is 1. The van der Waals surface area contributed by atoms with Gasteiger partial charge in [-0.3, -0.25) is 9.48 Å². The molecule has 2 aromatic heterocycles. The molecule has 0 atom stereocenters. The maximum absolute atomic E-state index is 12.9. The van der Waals surface area contributed by atoms with Crippen molar-refractivity contribution in [3.8, 4) is 5.75 Å². The summed E-state index contributed by atoms with van der Waals surface area (Å²) in [4.78, 5) is 26.9. The number of nitrogens with zero attached hydrogens (tertiary/aromatic N) is 3. The summed E-state index contributed by atoms with van der Waals surface area (Å²) >= 11 is 0. The summed E-state index contributed by atoms with van der Waals surface area (Å²) in [5, 5.41) is 7.93. The largest absolute Gasteiger partial charge is 0.494 e. The Morgan fingerprint density at radius 2 is 1.97 bits per heavy atom. The number of nitrogens with one attached hydrogen (secondary N) is 1. The van der Waals surface area contributed by atoms with Gasteiger partial charge in [-0.05, 0) is 43.9 Å². The van der Waals surface area contributed by atoms with E-state index in [0.29, 0.717) is 22.3 Å². The van der Waals surface area contributed by atoms with E-state index < -0.39 is 17.8 Å². The molecule has 0 radical (unpaired) electrons. The van der Waals surface area contributed by atoms with Crippen LogP contribution in [0.4, 0.5) is 18.9 Å². The van der Waals surface area contributed by atoms with Crippen molar-refractivity contribution in [1.29, 1.82) is 0 Å². The van der Waals surface area contributed by atoms with Crippen LogP contribution in [0.2, 0.25) is 0 Å². The van der Waals surface area contributed by atoms with E-state index in [1.54, 1.807) is 12.1 Å². The molecular weight excluding hydrogens is 425 g/mol. The van der Waals surface area contributed by atoms with Crippen molar-refractivity contribution in [3.63, 3.8) is 0 Å². The number of methoxy groups -OCH3 is 1. The summed E-state index contributed by atoms with van der Waals surface area (Å²) in [6.07, 6.45) is 1.52. The highest BCUT2D eigenvalue weighted by Gasteiger charge is 2.33. The summed E-state index contributed by atoms with van der Waals surface area (Å²) in [5.41, 5.74) is -0.520. The van der Waals surface area contributed by atoms with Crippen LogP contribution in [-0.2, 0) is 11.0 Å². The summed E-state index contributed by atoms with van der Waals surface area (Å²) in [6.45, 7) is 0. The van der Waals surface area contributed by atoms with Gasteiger partial charge in [0.25, 0.3) is 5.91 Å². The Bertz CT molecular complexity index is 1150. The van der Waals surface area contributed by atoms with Crippen LogP contribution >= 0.6 is 0 Å². The second-order valence-corrected chi connectivity index (χ2v) is 7.79. The van der Waals surface area contributed by atoms with Gasteiger partial charge in [-0.2, -0.15) is 18.3 Å². The van der Waals surface area contributed by atoms with E-state index in [1.807, 2.05) is 10.9 Å². The van der Waals surface area contributed by atoms with Crippen molar-refractivity contribution in [2.24, 2.45) is 5.92 Å². The van der Waals surface area contributed by atoms with Crippen LogP contribution in [0.25, 0.3) is 10.9 Å². The number of halogens is 3. The zero-order chi connectivity index (χ0) is 22.9. The van der Waals surface area contributed by atoms with Crippen molar-refractivity contribution in [2.45, 2.75) is 37.9 Å². The minimum Gasteiger partial charge on any atom is -0.494 e. The third kappa shape index (κ3) is 4.44. The normalized spacial score (nSPS) is 19.0. The Labute approximate surface area is 181 Å². The number of aldehydes is 1. The fourth-order valence-corrected chi connectivity index (χ4v) is 3.95. The van der Waals surface area contributed by atoms with Crippen LogP contribution < -0.4 is 10.1 Å². The molecule has 0 saturated heterocycles. The molecule has 1 aliphatic carbocycles. The van der Waals surface area contributed by atoms with Crippen molar-refractivity contribution in [2.75, 3.05) is 12.4 Å². The van der Waals surface area contributed by atoms with Crippen molar-refractivity contribution < 1.29 is 27.5 Å². The van der Waals surface area contributed by atoms with Crippen LogP contribution in [0.15, 0.2) is 36.5 Å². The zero-order valence-electron chi connectivity index (χ0n) is 17.2. The molecule has 1 N–H and O–H groups in total. The van der Waals surface area contributed by atoms with Crippen LogP contribution in [-0.4, -0.2) is 34.1 Å². The van der Waals surface area contributed by atoms with Crippen LogP contribution in [0.3, 0.4) is 0 Å². The number of benzene rings is 1. The number of alkyl halides is 3. The van der Waals surface area contributed by atoms with Crippen LogP contribution in [0, 0.1) is 5.92 Å². The van der Waals surface area contributed by atoms with E-state index in [9.17, 15) is 22.8 Å². The number of ether oxygens (including phenoxy) is 1. The van der Waals surface area contributed by atoms with Crippen LogP contribution in [0.5, 0.6) is 5.75 Å². The van der Waals surface area contributed by atoms with Gasteiger partial charge in [0, 0.05) is 29.3 Å². The first-order valence-electron chi connectivity index (χ1n) is 10.2. The van der Waals surface area contributed by atoms with Gasteiger partial charge < -0.3 is 14.8 Å². The number of carbonyl (C=O) groups excluding carboxylic acids is 2. The van der Waals surface area contributed by atoms with Crippen LogP contribution in [0.1, 0.15) is 47.9 Å². The third-order valence-electron chi connectivity index (χ3n) is 5.65. The summed E-state index contributed by atoms with van der Waals surface area (Å²) in [7, 11) is 1.48. The molecule has 0 spiro atoms. The van der Waals surface area contributed by atoms with Gasteiger partial charge in [0.15, 0.2) is 0 Å². The molecule has 2 heterocycles. The van der Waals surface area contributed by atoms with E-state index in [1.165, 1.54) is 13.2 Å². The van der Waals surface area contributed by atoms with Gasteiger partial charge in [-0.1, -0.05) is 6.07 Å². The van der Waals surface area contributed by atoms with Gasteiger partial charge in [0.2, 0.25) is 0 Å². The van der Waals surface area contributed by atoms with E-state index in [4.69, 9.17) is 4.74 Å². The molecule has 4 rings (SSSR count). The predicted octanol–water partition coefficient (Wildman–Crippen LogP) is 4.64. The monoisotopic (exact) mass is 446 g/mol. The van der Waals surface area contributed by atoms with Crippen molar-refractivity contribution in [1.82, 2.24) is 14.8 Å². The first-order chi connectivity index (χ1) is 15.3. The predicted molar refractivity (Wildman–Crippen MR) is 111 cm³/mol. The summed E-state index contributed by atoms with van der Waals surface area (Å²) in [6, 6.07) is 6.57. The standard InChI is InChI=1S/C22H21F3N4O3/c1-32-18-10-15(26-21(31)17-3-2-4-19(27-17)22(23,24)25)9-14-11-29(28-20(14)18)16-7-5-13(12-30)6-8-16/h2-4,9-13,16H,5-8H2,1H3,(H,26,31). The number of hydrogen-bond donors (Lipinski definition) is 1. The Morgan fingerprint density at radius 3 is 2.62 bits per heavy atom. The lowest BCUT2D eigenvalue weighted by Gasteiger charge is -2.25. The molecule has 1 aliphatic rings. The van der Waals surface area contributed by atoms with E-state index >= 15 is 0 Å². The van der Waals surface area contributed by atoms with E-state index in [-0.39, 0.29) is 17.7 Å². The fourth-order valence-electron chi connectivity index (χ4n) is 3.95. The molecule has 1 saturated carbocycles. The lowest BCUT2D eigenvalue weighted by molar-refractivity contribution is -0.141. The molecule has 0 aliphatic heterocycles. The Kier molecular flexibility index (Phi) is 5.86. The topological polar surface area (TPSA) is 86.1 Å². The van der Waals surface area contributed by atoms with Gasteiger partial charge in [0.1, 0.15) is 28.9 Å². The summed E-state index contributed by atoms with van der Waals surface area (Å²) in [5.74, 6) is -0.246. The molecule has 3 aromatic rings. The Hall–Kier alpha value is -3.43. The first-order valence-corrected chi connectivity index (χ1v) is 10.2. The minimum atomic E-state index is -4.64. The molecule has 1 fully saturated rings. The smallest absolute Gasteiger partial charge is 0.433 e. The highest BCUT2D eigenvalue weighted by atomic mass is 19.4. The fraction of sp³-hybridized carbons (Fsp3) is 0.364. The highest BCUT2D eigenvalue weighted by Crippen LogP contribution is 2.35. The second kappa shape index (κ2) is 8.60. The first kappa shape index (κ1) is 21.8. The highest BCUT2D eigenvalue weighted by molar-refractivity contribution is 6.04. The van der Waals surface area contributed by atoms with Gasteiger partial charge in [-0.15, -0.1) is 0 Å². The van der Waals surface area contributed by atoms with Gasteiger partial charge in [0.05, 0.1) is 13.2 Å². The molecule has 1 amide bonds. The van der Waals surface area contributed by atoms with Crippen molar-refractivity contribution >= 4 is 28.8 Å². The van der Waals surface area contributed by atoms with Gasteiger partial charge in [-0.25, -0.2) is 4.98 Å². The number of aromatic nitrogens is 3. The molecule has 7 nitrogen and oxygen atoms in total. The maximum atomic E-state index is 12.9. The number of amides is 1. The molecule has 0 unspecified atom stereocenters. The Balaban J connectivity index is 1.58. The number of anilines is 1.